The lowest BCUT2D eigenvalue weighted by atomic mass is 10.1. The van der Waals surface area contributed by atoms with Crippen LogP contribution in [0.3, 0.4) is 0 Å². The summed E-state index contributed by atoms with van der Waals surface area (Å²) >= 11 is 1.11. The molecule has 128 valence electrons. The highest BCUT2D eigenvalue weighted by Crippen LogP contribution is 2.19. The molecule has 0 bridgehead atoms. The molecule has 8 nitrogen and oxygen atoms in total. The Bertz CT molecular complexity index is 760. The first-order valence-electron chi connectivity index (χ1n) is 7.16. The van der Waals surface area contributed by atoms with Crippen molar-refractivity contribution >= 4 is 35.3 Å². The van der Waals surface area contributed by atoms with Crippen molar-refractivity contribution in [1.82, 2.24) is 14.8 Å². The normalized spacial score (nSPS) is 10.5. The number of nitrogens with zero attached hydrogens (tertiary/aromatic N) is 3. The van der Waals surface area contributed by atoms with Crippen LogP contribution in [0.1, 0.15) is 11.1 Å². The minimum absolute atomic E-state index is 0.0464. The van der Waals surface area contributed by atoms with Crippen molar-refractivity contribution in [3.63, 3.8) is 0 Å². The molecule has 0 aliphatic carbocycles. The number of nitrogen functional groups attached to an aromatic ring is 1. The van der Waals surface area contributed by atoms with Gasteiger partial charge in [0.2, 0.25) is 11.9 Å². The Morgan fingerprint density at radius 1 is 1.29 bits per heavy atom. The molecule has 3 N–H and O–H groups in total. The maximum Gasteiger partial charge on any atom is 0.316 e. The van der Waals surface area contributed by atoms with Crippen molar-refractivity contribution in [3.05, 3.63) is 29.3 Å². The van der Waals surface area contributed by atoms with Crippen molar-refractivity contribution in [2.45, 2.75) is 25.5 Å². The molecule has 0 unspecified atom stereocenters. The van der Waals surface area contributed by atoms with Crippen molar-refractivity contribution in [2.75, 3.05) is 23.9 Å². The number of aromatic nitrogens is 3. The highest BCUT2D eigenvalue weighted by molar-refractivity contribution is 7.99. The number of rotatable bonds is 6. The molecule has 1 heterocycles. The summed E-state index contributed by atoms with van der Waals surface area (Å²) in [7, 11) is 1.30. The molecular formula is C15H19N5O3S. The van der Waals surface area contributed by atoms with E-state index < -0.39 is 5.97 Å². The van der Waals surface area contributed by atoms with Crippen molar-refractivity contribution in [1.29, 1.82) is 0 Å². The third-order valence-corrected chi connectivity index (χ3v) is 4.32. The summed E-state index contributed by atoms with van der Waals surface area (Å²) in [5.41, 5.74) is 8.69. The summed E-state index contributed by atoms with van der Waals surface area (Å²) < 4.78 is 6.02. The third kappa shape index (κ3) is 4.48. The Kier molecular flexibility index (Phi) is 5.80. The number of nitrogens with one attached hydrogen (secondary N) is 1. The number of nitrogens with two attached hydrogens (primary N) is 1. The fourth-order valence-corrected chi connectivity index (χ4v) is 2.68. The van der Waals surface area contributed by atoms with E-state index in [0.29, 0.717) is 10.8 Å². The van der Waals surface area contributed by atoms with Gasteiger partial charge in [-0.2, -0.15) is 0 Å². The quantitative estimate of drug-likeness (QED) is 0.598. The van der Waals surface area contributed by atoms with Crippen LogP contribution in [0.25, 0.3) is 0 Å². The number of aryl methyl sites for hydroxylation is 2. The first kappa shape index (κ1) is 17.8. The largest absolute Gasteiger partial charge is 0.468 e. The number of methoxy groups -OCH3 is 1. The lowest BCUT2D eigenvalue weighted by Crippen LogP contribution is -2.20. The molecular weight excluding hydrogens is 330 g/mol. The maximum atomic E-state index is 12.2. The predicted molar refractivity (Wildman–Crippen MR) is 91.7 cm³/mol. The molecule has 2 aromatic rings. The van der Waals surface area contributed by atoms with Gasteiger partial charge in [0, 0.05) is 5.69 Å². The number of carbonyl (C=O) groups excluding carboxylic acids is 2. The van der Waals surface area contributed by atoms with Crippen LogP contribution in [0, 0.1) is 13.8 Å². The lowest BCUT2D eigenvalue weighted by molar-refractivity contribution is -0.137. The number of anilines is 2. The van der Waals surface area contributed by atoms with E-state index in [-0.39, 0.29) is 24.2 Å². The monoisotopic (exact) mass is 349 g/mol. The topological polar surface area (TPSA) is 112 Å². The van der Waals surface area contributed by atoms with E-state index in [9.17, 15) is 9.59 Å². The fourth-order valence-electron chi connectivity index (χ4n) is 1.90. The summed E-state index contributed by atoms with van der Waals surface area (Å²) in [4.78, 5) is 23.4. The number of hydrogen-bond donors (Lipinski definition) is 2. The summed E-state index contributed by atoms with van der Waals surface area (Å²) in [6.45, 7) is 3.93. The Hall–Kier alpha value is -2.55. The molecule has 9 heteroatoms. The highest BCUT2D eigenvalue weighted by Gasteiger charge is 2.15. The first-order chi connectivity index (χ1) is 11.4. The number of hydrogen-bond acceptors (Lipinski definition) is 7. The molecule has 1 aromatic heterocycles. The van der Waals surface area contributed by atoms with E-state index in [4.69, 9.17) is 5.73 Å². The van der Waals surface area contributed by atoms with Gasteiger partial charge in [-0.15, -0.1) is 10.2 Å². The number of carbonyl (C=O) groups is 2. The Balaban J connectivity index is 2.04. The number of thioether (sulfide) groups is 1. The molecule has 0 aliphatic heterocycles. The fraction of sp³-hybridized carbons (Fsp3) is 0.333. The molecule has 0 saturated carbocycles. The highest BCUT2D eigenvalue weighted by atomic mass is 32.2. The van der Waals surface area contributed by atoms with Crippen LogP contribution in [0.15, 0.2) is 23.4 Å². The van der Waals surface area contributed by atoms with Gasteiger partial charge in [0.05, 0.1) is 12.9 Å². The summed E-state index contributed by atoms with van der Waals surface area (Å²) in [6, 6.07) is 5.67. The van der Waals surface area contributed by atoms with Crippen molar-refractivity contribution < 1.29 is 14.3 Å². The molecule has 1 aromatic carbocycles. The number of benzene rings is 1. The van der Waals surface area contributed by atoms with Crippen molar-refractivity contribution in [3.8, 4) is 0 Å². The second-order valence-electron chi connectivity index (χ2n) is 5.14. The van der Waals surface area contributed by atoms with Crippen LogP contribution in [0.4, 0.5) is 11.6 Å². The first-order valence-corrected chi connectivity index (χ1v) is 8.14. The molecule has 0 saturated heterocycles. The average Bonchev–Trinajstić information content (AvgIpc) is 2.89. The minimum Gasteiger partial charge on any atom is -0.468 e. The van der Waals surface area contributed by atoms with Gasteiger partial charge in [0.1, 0.15) is 6.54 Å². The average molecular weight is 349 g/mol. The second-order valence-corrected chi connectivity index (χ2v) is 6.08. The SMILES string of the molecule is COC(=O)CSc1nnc(N)n1CC(=O)Nc1ccc(C)c(C)c1. The molecule has 0 spiro atoms. The van der Waals surface area contributed by atoms with Crippen LogP contribution in [-0.4, -0.2) is 39.5 Å². The van der Waals surface area contributed by atoms with E-state index in [1.807, 2.05) is 32.0 Å². The van der Waals surface area contributed by atoms with E-state index in [2.05, 4.69) is 20.3 Å². The van der Waals surface area contributed by atoms with Gasteiger partial charge in [0.25, 0.3) is 0 Å². The zero-order valence-electron chi connectivity index (χ0n) is 13.7. The Labute approximate surface area is 143 Å². The summed E-state index contributed by atoms with van der Waals surface area (Å²) in [5, 5.41) is 10.8. The van der Waals surface area contributed by atoms with Gasteiger partial charge in [0.15, 0.2) is 5.16 Å². The van der Waals surface area contributed by atoms with E-state index in [0.717, 1.165) is 22.9 Å². The van der Waals surface area contributed by atoms with Gasteiger partial charge < -0.3 is 15.8 Å². The predicted octanol–water partition coefficient (Wildman–Crippen LogP) is 1.38. The zero-order valence-corrected chi connectivity index (χ0v) is 14.5. The number of esters is 1. The zero-order chi connectivity index (χ0) is 17.7. The van der Waals surface area contributed by atoms with Gasteiger partial charge in [-0.3, -0.25) is 14.2 Å². The van der Waals surface area contributed by atoms with Crippen LogP contribution < -0.4 is 11.1 Å². The lowest BCUT2D eigenvalue weighted by Gasteiger charge is -2.10. The molecule has 1 amide bonds. The Morgan fingerprint density at radius 3 is 2.71 bits per heavy atom. The van der Waals surface area contributed by atoms with Gasteiger partial charge in [-0.25, -0.2) is 0 Å². The molecule has 0 aliphatic rings. The van der Waals surface area contributed by atoms with Crippen LogP contribution in [0.5, 0.6) is 0 Å². The Morgan fingerprint density at radius 2 is 2.04 bits per heavy atom. The van der Waals surface area contributed by atoms with Gasteiger partial charge in [-0.1, -0.05) is 17.8 Å². The van der Waals surface area contributed by atoms with E-state index in [1.165, 1.54) is 11.7 Å². The summed E-state index contributed by atoms with van der Waals surface area (Å²) in [5.74, 6) is -0.483. The van der Waals surface area contributed by atoms with Crippen LogP contribution in [-0.2, 0) is 20.9 Å². The number of ether oxygens (including phenoxy) is 1. The summed E-state index contributed by atoms with van der Waals surface area (Å²) in [6.07, 6.45) is 0. The van der Waals surface area contributed by atoms with Crippen LogP contribution in [0.2, 0.25) is 0 Å². The third-order valence-electron chi connectivity index (χ3n) is 3.38. The maximum absolute atomic E-state index is 12.2. The van der Waals surface area contributed by atoms with Crippen LogP contribution >= 0.6 is 11.8 Å². The molecule has 0 fully saturated rings. The van der Waals surface area contributed by atoms with E-state index >= 15 is 0 Å². The second kappa shape index (κ2) is 7.82. The van der Waals surface area contributed by atoms with Gasteiger partial charge >= 0.3 is 5.97 Å². The van der Waals surface area contributed by atoms with Crippen molar-refractivity contribution in [2.24, 2.45) is 0 Å². The minimum atomic E-state index is -0.396. The number of amides is 1. The molecule has 0 atom stereocenters. The molecule has 0 radical (unpaired) electrons. The van der Waals surface area contributed by atoms with E-state index in [1.54, 1.807) is 0 Å². The van der Waals surface area contributed by atoms with Gasteiger partial charge in [-0.05, 0) is 37.1 Å². The molecule has 24 heavy (non-hydrogen) atoms. The standard InChI is InChI=1S/C15H19N5O3S/c1-9-4-5-11(6-10(9)2)17-12(21)7-20-14(16)18-19-15(20)24-8-13(22)23-3/h4-6H,7-8H2,1-3H3,(H2,16,18)(H,17,21). The molecule has 2 rings (SSSR count). The smallest absolute Gasteiger partial charge is 0.316 e.